The van der Waals surface area contributed by atoms with Gasteiger partial charge in [0, 0.05) is 0 Å². The molecule has 0 radical (unpaired) electrons. The van der Waals surface area contributed by atoms with Crippen LogP contribution in [0.25, 0.3) is 0 Å². The van der Waals surface area contributed by atoms with Crippen LogP contribution in [0, 0.1) is 29.6 Å². The molecule has 6 heteroatoms. The average molecular weight is 337 g/mol. The van der Waals surface area contributed by atoms with Crippen molar-refractivity contribution in [3.63, 3.8) is 0 Å². The molecule has 3 saturated carbocycles. The van der Waals surface area contributed by atoms with Gasteiger partial charge in [0.15, 0.2) is 0 Å². The van der Waals surface area contributed by atoms with Gasteiger partial charge in [0.05, 0.1) is 23.1 Å². The number of carbonyl (C=O) groups is 2. The highest BCUT2D eigenvalue weighted by Crippen LogP contribution is 2.55. The molecule has 5 atom stereocenters. The summed E-state index contributed by atoms with van der Waals surface area (Å²) in [6.07, 6.45) is -1.70. The van der Waals surface area contributed by atoms with Crippen LogP contribution in [0.2, 0.25) is 0 Å². The van der Waals surface area contributed by atoms with E-state index in [-0.39, 0.29) is 41.2 Å². The first-order chi connectivity index (χ1) is 11.3. The second-order valence-electron chi connectivity index (χ2n) is 7.33. The predicted molar refractivity (Wildman–Crippen MR) is 80.9 cm³/mol. The van der Waals surface area contributed by atoms with Crippen LogP contribution < -0.4 is 4.90 Å². The fourth-order valence-electron chi connectivity index (χ4n) is 5.05. The maximum atomic E-state index is 12.9. The van der Waals surface area contributed by atoms with Crippen molar-refractivity contribution in [3.05, 3.63) is 29.8 Å². The summed E-state index contributed by atoms with van der Waals surface area (Å²) in [7, 11) is 0. The van der Waals surface area contributed by atoms with E-state index in [4.69, 9.17) is 0 Å². The summed E-state index contributed by atoms with van der Waals surface area (Å²) >= 11 is 0. The molecule has 3 aliphatic carbocycles. The number of anilines is 1. The molecule has 0 aromatic heterocycles. The summed E-state index contributed by atoms with van der Waals surface area (Å²) in [5, 5.41) is 0. The number of alkyl halides is 3. The number of nitrogens with zero attached hydrogens (tertiary/aromatic N) is 1. The molecule has 1 aliphatic heterocycles. The molecule has 2 amide bonds. The molecule has 0 N–H and O–H groups in total. The van der Waals surface area contributed by atoms with Crippen molar-refractivity contribution in [2.24, 2.45) is 29.6 Å². The van der Waals surface area contributed by atoms with E-state index in [1.165, 1.54) is 12.1 Å². The Morgan fingerprint density at radius 2 is 1.79 bits per heavy atom. The molecule has 0 spiro atoms. The van der Waals surface area contributed by atoms with Gasteiger partial charge in [0.25, 0.3) is 0 Å². The van der Waals surface area contributed by atoms with E-state index >= 15 is 0 Å². The molecule has 128 valence electrons. The number of halogens is 3. The number of carbonyl (C=O) groups excluding carboxylic acids is 2. The molecule has 4 aliphatic rings. The van der Waals surface area contributed by atoms with E-state index in [0.29, 0.717) is 5.92 Å². The zero-order chi connectivity index (χ0) is 17.2. The molecule has 24 heavy (non-hydrogen) atoms. The van der Waals surface area contributed by atoms with Crippen molar-refractivity contribution >= 4 is 17.5 Å². The highest BCUT2D eigenvalue weighted by Gasteiger charge is 2.60. The van der Waals surface area contributed by atoms with Crippen molar-refractivity contribution in [1.82, 2.24) is 0 Å². The SMILES string of the molecule is C[C@@H]1C[C@@H]2CC[C@H]1[C@H]1C(=O)N(c3cccc(C(F)(F)F)c3)C(=O)[C@@H]21. The zero-order valence-electron chi connectivity index (χ0n) is 13.2. The van der Waals surface area contributed by atoms with Crippen LogP contribution in [0.3, 0.4) is 0 Å². The topological polar surface area (TPSA) is 37.4 Å². The largest absolute Gasteiger partial charge is 0.416 e. The molecule has 3 nitrogen and oxygen atoms in total. The van der Waals surface area contributed by atoms with E-state index in [2.05, 4.69) is 6.92 Å². The van der Waals surface area contributed by atoms with Crippen LogP contribution in [0.5, 0.6) is 0 Å². The van der Waals surface area contributed by atoms with Crippen LogP contribution in [0.1, 0.15) is 31.7 Å². The molecule has 5 rings (SSSR count). The van der Waals surface area contributed by atoms with E-state index in [0.717, 1.165) is 36.3 Å². The summed E-state index contributed by atoms with van der Waals surface area (Å²) in [5.41, 5.74) is -0.798. The molecular weight excluding hydrogens is 319 g/mol. The third kappa shape index (κ3) is 2.11. The minimum absolute atomic E-state index is 0.0429. The summed E-state index contributed by atoms with van der Waals surface area (Å²) in [4.78, 5) is 26.7. The Kier molecular flexibility index (Phi) is 3.31. The Hall–Kier alpha value is -1.85. The van der Waals surface area contributed by atoms with Gasteiger partial charge in [-0.2, -0.15) is 13.2 Å². The highest BCUT2D eigenvalue weighted by molar-refractivity contribution is 6.22. The van der Waals surface area contributed by atoms with Gasteiger partial charge in [0.2, 0.25) is 11.8 Å². The first-order valence-electron chi connectivity index (χ1n) is 8.34. The number of imide groups is 1. The van der Waals surface area contributed by atoms with Gasteiger partial charge in [-0.15, -0.1) is 0 Å². The van der Waals surface area contributed by atoms with Gasteiger partial charge in [-0.3, -0.25) is 14.5 Å². The number of rotatable bonds is 1. The second kappa shape index (κ2) is 5.07. The lowest BCUT2D eigenvalue weighted by atomic mass is 9.56. The van der Waals surface area contributed by atoms with Crippen LogP contribution in [-0.2, 0) is 15.8 Å². The molecule has 1 saturated heterocycles. The first-order valence-corrected chi connectivity index (χ1v) is 8.34. The highest BCUT2D eigenvalue weighted by atomic mass is 19.4. The fourth-order valence-corrected chi connectivity index (χ4v) is 5.05. The molecule has 4 fully saturated rings. The summed E-state index contributed by atoms with van der Waals surface area (Å²) in [5.74, 6) is -0.578. The summed E-state index contributed by atoms with van der Waals surface area (Å²) < 4.78 is 38.8. The number of amides is 2. The van der Waals surface area contributed by atoms with Crippen molar-refractivity contribution in [2.75, 3.05) is 4.90 Å². The van der Waals surface area contributed by atoms with E-state index in [9.17, 15) is 22.8 Å². The molecular formula is C18H18F3NO2. The minimum atomic E-state index is -4.50. The number of hydrogen-bond acceptors (Lipinski definition) is 2. The van der Waals surface area contributed by atoms with Crippen LogP contribution in [0.15, 0.2) is 24.3 Å². The lowest BCUT2D eigenvalue weighted by Crippen LogP contribution is -2.45. The van der Waals surface area contributed by atoms with Crippen LogP contribution in [-0.4, -0.2) is 11.8 Å². The first kappa shape index (κ1) is 15.7. The van der Waals surface area contributed by atoms with Crippen LogP contribution >= 0.6 is 0 Å². The Balaban J connectivity index is 1.73. The van der Waals surface area contributed by atoms with Crippen LogP contribution in [0.4, 0.5) is 18.9 Å². The standard InChI is InChI=1S/C18H18F3NO2/c1-9-7-10-5-6-13(9)15-14(10)16(23)22(17(15)24)12-4-2-3-11(8-12)18(19,20)21/h2-4,8-10,13-15H,5-7H2,1H3/t9-,10+,13-,14+,15-/m1/s1. The van der Waals surface area contributed by atoms with Gasteiger partial charge >= 0.3 is 6.18 Å². The van der Waals surface area contributed by atoms with E-state index in [1.54, 1.807) is 0 Å². The lowest BCUT2D eigenvalue weighted by molar-refractivity contribution is -0.137. The Bertz CT molecular complexity index is 714. The third-order valence-electron chi connectivity index (χ3n) is 6.08. The van der Waals surface area contributed by atoms with E-state index < -0.39 is 11.7 Å². The van der Waals surface area contributed by atoms with Gasteiger partial charge in [-0.05, 0) is 55.2 Å². The lowest BCUT2D eigenvalue weighted by Gasteiger charge is -2.46. The van der Waals surface area contributed by atoms with Crippen molar-refractivity contribution in [1.29, 1.82) is 0 Å². The molecule has 1 heterocycles. The van der Waals surface area contributed by atoms with Gasteiger partial charge in [-0.25, -0.2) is 0 Å². The van der Waals surface area contributed by atoms with Gasteiger partial charge < -0.3 is 0 Å². The van der Waals surface area contributed by atoms with Crippen molar-refractivity contribution < 1.29 is 22.8 Å². The van der Waals surface area contributed by atoms with Crippen molar-refractivity contribution in [2.45, 2.75) is 32.4 Å². The molecule has 2 bridgehead atoms. The Morgan fingerprint density at radius 1 is 1.08 bits per heavy atom. The fraction of sp³-hybridized carbons (Fsp3) is 0.556. The minimum Gasteiger partial charge on any atom is -0.274 e. The molecule has 0 unspecified atom stereocenters. The summed E-state index contributed by atoms with van der Waals surface area (Å²) in [6, 6.07) is 4.51. The predicted octanol–water partition coefficient (Wildman–Crippen LogP) is 3.88. The number of hydrogen-bond donors (Lipinski definition) is 0. The van der Waals surface area contributed by atoms with Crippen molar-refractivity contribution in [3.8, 4) is 0 Å². The van der Waals surface area contributed by atoms with E-state index in [1.807, 2.05) is 0 Å². The molecule has 1 aromatic rings. The van der Waals surface area contributed by atoms with Gasteiger partial charge in [0.1, 0.15) is 0 Å². The normalized spacial score (nSPS) is 35.5. The van der Waals surface area contributed by atoms with Gasteiger partial charge in [-0.1, -0.05) is 13.0 Å². The second-order valence-corrected chi connectivity index (χ2v) is 7.33. The molecule has 1 aromatic carbocycles. The Labute approximate surface area is 137 Å². The summed E-state index contributed by atoms with van der Waals surface area (Å²) in [6.45, 7) is 2.11. The third-order valence-corrected chi connectivity index (χ3v) is 6.08. The zero-order valence-corrected chi connectivity index (χ0v) is 13.2. The average Bonchev–Trinajstić information content (AvgIpc) is 2.80. The number of fused-ring (bicyclic) bond motifs is 2. The smallest absolute Gasteiger partial charge is 0.274 e. The Morgan fingerprint density at radius 3 is 2.46 bits per heavy atom. The number of benzene rings is 1. The monoisotopic (exact) mass is 337 g/mol. The quantitative estimate of drug-likeness (QED) is 0.730. The maximum Gasteiger partial charge on any atom is 0.416 e. The maximum absolute atomic E-state index is 12.9.